The Bertz CT molecular complexity index is 867. The second-order valence-electron chi connectivity index (χ2n) is 6.12. The summed E-state index contributed by atoms with van der Waals surface area (Å²) in [5.74, 6) is -3.02. The molecule has 154 valence electrons. The van der Waals surface area contributed by atoms with Gasteiger partial charge in [0.15, 0.2) is 0 Å². The van der Waals surface area contributed by atoms with Crippen LogP contribution >= 0.6 is 0 Å². The molecule has 0 aromatic heterocycles. The predicted molar refractivity (Wildman–Crippen MR) is 90.7 cm³/mol. The Hall–Kier alpha value is -2.56. The fraction of sp³-hybridized carbons (Fsp3) is 0.412. The number of ether oxygens (including phenoxy) is 2. The van der Waals surface area contributed by atoms with Crippen LogP contribution in [0.3, 0.4) is 0 Å². The molecule has 1 saturated heterocycles. The van der Waals surface area contributed by atoms with Gasteiger partial charge in [-0.1, -0.05) is 37.3 Å². The second kappa shape index (κ2) is 8.21. The lowest BCUT2D eigenvalue weighted by Crippen LogP contribution is -2.47. The van der Waals surface area contributed by atoms with Gasteiger partial charge < -0.3 is 9.47 Å². The molecule has 1 heterocycles. The normalized spacial score (nSPS) is 21.6. The molecule has 1 aromatic carbocycles. The molecule has 11 heteroatoms. The van der Waals surface area contributed by atoms with Crippen molar-refractivity contribution in [3.05, 3.63) is 47.7 Å². The zero-order chi connectivity index (χ0) is 21.1. The highest BCUT2D eigenvalue weighted by Gasteiger charge is 2.57. The van der Waals surface area contributed by atoms with Crippen LogP contribution in [0, 0.1) is 5.92 Å². The first-order valence-electron chi connectivity index (χ1n) is 8.08. The molecule has 2 atom stereocenters. The Morgan fingerprint density at radius 1 is 1.25 bits per heavy atom. The summed E-state index contributed by atoms with van der Waals surface area (Å²) < 4.78 is 72.6. The standard InChI is InChI=1S/C17H18F3NO6S/c1-11-8-13(9-14(22)27-10-12-6-4-3-5-7-12)21(15(11)16(23)26-2)28(24,25)17(18,19)20/h3-7,9,11,15H,8,10H2,1-2H3/b13-9+/t11?,15-/m0/s1. The topological polar surface area (TPSA) is 90.0 Å². The number of benzene rings is 1. The van der Waals surface area contributed by atoms with Gasteiger partial charge in [-0.3, -0.25) is 4.31 Å². The highest BCUT2D eigenvalue weighted by atomic mass is 32.2. The summed E-state index contributed by atoms with van der Waals surface area (Å²) in [4.78, 5) is 23.9. The van der Waals surface area contributed by atoms with Crippen LogP contribution in [0.1, 0.15) is 18.9 Å². The van der Waals surface area contributed by atoms with Crippen molar-refractivity contribution in [2.45, 2.75) is 31.5 Å². The quantitative estimate of drug-likeness (QED) is 0.536. The van der Waals surface area contributed by atoms with Gasteiger partial charge in [-0.2, -0.15) is 21.6 Å². The van der Waals surface area contributed by atoms with Crippen LogP contribution in [0.5, 0.6) is 0 Å². The van der Waals surface area contributed by atoms with Crippen LogP contribution in [0.4, 0.5) is 13.2 Å². The van der Waals surface area contributed by atoms with Gasteiger partial charge in [-0.25, -0.2) is 9.59 Å². The molecule has 28 heavy (non-hydrogen) atoms. The number of carbonyl (C=O) groups excluding carboxylic acids is 2. The molecule has 1 fully saturated rings. The molecule has 0 bridgehead atoms. The smallest absolute Gasteiger partial charge is 0.467 e. The van der Waals surface area contributed by atoms with Crippen LogP contribution in [-0.4, -0.2) is 43.3 Å². The summed E-state index contributed by atoms with van der Waals surface area (Å²) in [7, 11) is -4.99. The number of halogens is 3. The maximum atomic E-state index is 13.1. The summed E-state index contributed by atoms with van der Waals surface area (Å²) in [5.41, 5.74) is -5.50. The minimum atomic E-state index is -5.92. The first-order valence-corrected chi connectivity index (χ1v) is 9.53. The summed E-state index contributed by atoms with van der Waals surface area (Å²) in [6, 6.07) is 6.78. The number of allylic oxidation sites excluding steroid dienone is 1. The largest absolute Gasteiger partial charge is 0.516 e. The third-order valence-electron chi connectivity index (χ3n) is 4.11. The lowest BCUT2D eigenvalue weighted by Gasteiger charge is -2.27. The zero-order valence-corrected chi connectivity index (χ0v) is 15.8. The highest BCUT2D eigenvalue weighted by Crippen LogP contribution is 2.41. The van der Waals surface area contributed by atoms with Crippen molar-refractivity contribution in [3.63, 3.8) is 0 Å². The fourth-order valence-corrected chi connectivity index (χ4v) is 4.09. The molecule has 0 radical (unpaired) electrons. The lowest BCUT2D eigenvalue weighted by atomic mass is 10.0. The molecule has 1 aromatic rings. The molecule has 0 N–H and O–H groups in total. The van der Waals surface area contributed by atoms with Crippen molar-refractivity contribution in [2.24, 2.45) is 5.92 Å². The molecule has 0 amide bonds. The first-order chi connectivity index (χ1) is 13.0. The molecule has 1 unspecified atom stereocenters. The lowest BCUT2D eigenvalue weighted by molar-refractivity contribution is -0.145. The second-order valence-corrected chi connectivity index (χ2v) is 7.93. The Kier molecular flexibility index (Phi) is 6.37. The molecular weight excluding hydrogens is 403 g/mol. The van der Waals surface area contributed by atoms with Crippen LogP contribution in [0.2, 0.25) is 0 Å². The number of nitrogens with zero attached hydrogens (tertiary/aromatic N) is 1. The number of sulfonamides is 1. The fourth-order valence-electron chi connectivity index (χ4n) is 2.83. The maximum Gasteiger partial charge on any atom is 0.516 e. The minimum Gasteiger partial charge on any atom is -0.467 e. The molecule has 1 aliphatic rings. The van der Waals surface area contributed by atoms with E-state index in [0.717, 1.165) is 7.11 Å². The molecular formula is C17H18F3NO6S. The van der Waals surface area contributed by atoms with Gasteiger partial charge in [0.2, 0.25) is 0 Å². The molecule has 0 aliphatic carbocycles. The van der Waals surface area contributed by atoms with Crippen LogP contribution in [-0.2, 0) is 35.7 Å². The first kappa shape index (κ1) is 21.7. The Balaban J connectivity index is 2.33. The van der Waals surface area contributed by atoms with Crippen molar-refractivity contribution in [2.75, 3.05) is 7.11 Å². The number of carbonyl (C=O) groups is 2. The Morgan fingerprint density at radius 2 is 1.86 bits per heavy atom. The Labute approximate surface area is 159 Å². The van der Waals surface area contributed by atoms with Crippen molar-refractivity contribution >= 4 is 22.0 Å². The molecule has 7 nitrogen and oxygen atoms in total. The Morgan fingerprint density at radius 3 is 2.39 bits per heavy atom. The van der Waals surface area contributed by atoms with E-state index in [0.29, 0.717) is 11.6 Å². The van der Waals surface area contributed by atoms with Crippen LogP contribution in [0.15, 0.2) is 42.1 Å². The van der Waals surface area contributed by atoms with E-state index in [1.807, 2.05) is 0 Å². The van der Waals surface area contributed by atoms with Gasteiger partial charge in [0.1, 0.15) is 12.6 Å². The SMILES string of the molecule is COC(=O)[C@@H]1C(C)C/C(=C\C(=O)OCc2ccccc2)N1S(=O)(=O)C(F)(F)F. The van der Waals surface area contributed by atoms with Gasteiger partial charge in [0.05, 0.1) is 7.11 Å². The van der Waals surface area contributed by atoms with E-state index < -0.39 is 45.1 Å². The van der Waals surface area contributed by atoms with Gasteiger partial charge >= 0.3 is 27.5 Å². The molecule has 2 rings (SSSR count). The zero-order valence-electron chi connectivity index (χ0n) is 15.0. The summed E-state index contributed by atoms with van der Waals surface area (Å²) in [6.07, 6.45) is 0.404. The third-order valence-corrected chi connectivity index (χ3v) is 5.67. The minimum absolute atomic E-state index is 0.0900. The van der Waals surface area contributed by atoms with Gasteiger partial charge in [-0.15, -0.1) is 0 Å². The highest BCUT2D eigenvalue weighted by molar-refractivity contribution is 7.90. The monoisotopic (exact) mass is 421 g/mol. The summed E-state index contributed by atoms with van der Waals surface area (Å²) in [6.45, 7) is 1.24. The molecule has 1 aliphatic heterocycles. The number of methoxy groups -OCH3 is 1. The molecule has 0 spiro atoms. The van der Waals surface area contributed by atoms with E-state index >= 15 is 0 Å². The van der Waals surface area contributed by atoms with Crippen molar-refractivity contribution in [3.8, 4) is 0 Å². The third kappa shape index (κ3) is 4.46. The summed E-state index contributed by atoms with van der Waals surface area (Å²) in [5, 5.41) is 0. The van der Waals surface area contributed by atoms with E-state index in [9.17, 15) is 31.2 Å². The van der Waals surface area contributed by atoms with E-state index in [2.05, 4.69) is 4.74 Å². The van der Waals surface area contributed by atoms with Crippen molar-refractivity contribution in [1.82, 2.24) is 4.31 Å². The number of hydrogen-bond acceptors (Lipinski definition) is 6. The van der Waals surface area contributed by atoms with Crippen molar-refractivity contribution < 1.29 is 40.7 Å². The van der Waals surface area contributed by atoms with E-state index in [4.69, 9.17) is 4.74 Å². The van der Waals surface area contributed by atoms with Gasteiger partial charge in [0.25, 0.3) is 0 Å². The predicted octanol–water partition coefficient (Wildman–Crippen LogP) is 2.35. The number of hydrogen-bond donors (Lipinski definition) is 0. The van der Waals surface area contributed by atoms with E-state index in [-0.39, 0.29) is 17.3 Å². The van der Waals surface area contributed by atoms with E-state index in [1.165, 1.54) is 6.92 Å². The van der Waals surface area contributed by atoms with Crippen LogP contribution < -0.4 is 0 Å². The van der Waals surface area contributed by atoms with Gasteiger partial charge in [-0.05, 0) is 17.9 Å². The number of rotatable bonds is 5. The average molecular weight is 421 g/mol. The maximum absolute atomic E-state index is 13.1. The van der Waals surface area contributed by atoms with E-state index in [1.54, 1.807) is 30.3 Å². The average Bonchev–Trinajstić information content (AvgIpc) is 2.95. The summed E-state index contributed by atoms with van der Waals surface area (Å²) >= 11 is 0. The van der Waals surface area contributed by atoms with Gasteiger partial charge in [0, 0.05) is 11.8 Å². The van der Waals surface area contributed by atoms with Crippen molar-refractivity contribution in [1.29, 1.82) is 0 Å². The number of esters is 2. The molecule has 0 saturated carbocycles. The van der Waals surface area contributed by atoms with Crippen LogP contribution in [0.25, 0.3) is 0 Å². The number of alkyl halides is 3.